The van der Waals surface area contributed by atoms with E-state index in [1.165, 1.54) is 0 Å². The number of halogens is 2. The zero-order chi connectivity index (χ0) is 18.5. The SMILES string of the molecule is CN(CC(=O)Nc1ccc(Cl)c(Cl)c1)Cc1nnc(-c2ccccc2)o1. The van der Waals surface area contributed by atoms with Crippen LogP contribution in [0.3, 0.4) is 0 Å². The number of likely N-dealkylation sites (N-methyl/N-ethyl adjacent to an activating group) is 1. The molecule has 1 heterocycles. The molecule has 0 radical (unpaired) electrons. The molecular weight excluding hydrogens is 375 g/mol. The minimum absolute atomic E-state index is 0.156. The largest absolute Gasteiger partial charge is 0.419 e. The Morgan fingerprint density at radius 2 is 1.88 bits per heavy atom. The Labute approximate surface area is 160 Å². The van der Waals surface area contributed by atoms with Gasteiger partial charge in [-0.15, -0.1) is 10.2 Å². The molecule has 134 valence electrons. The first-order chi connectivity index (χ1) is 12.5. The first-order valence-corrected chi connectivity index (χ1v) is 8.58. The van der Waals surface area contributed by atoms with Crippen molar-refractivity contribution in [3.8, 4) is 11.5 Å². The van der Waals surface area contributed by atoms with E-state index in [2.05, 4.69) is 15.5 Å². The summed E-state index contributed by atoms with van der Waals surface area (Å²) in [6.45, 7) is 0.512. The van der Waals surface area contributed by atoms with Crippen LogP contribution < -0.4 is 5.32 Å². The topological polar surface area (TPSA) is 71.3 Å². The summed E-state index contributed by atoms with van der Waals surface area (Å²) in [5.74, 6) is 0.705. The number of benzene rings is 2. The predicted octanol–water partition coefficient (Wildman–Crippen LogP) is 4.11. The molecule has 1 amide bonds. The van der Waals surface area contributed by atoms with Gasteiger partial charge in [0, 0.05) is 11.3 Å². The second-order valence-electron chi connectivity index (χ2n) is 5.72. The zero-order valence-corrected chi connectivity index (χ0v) is 15.5. The number of aromatic nitrogens is 2. The third-order valence-corrected chi connectivity index (χ3v) is 4.25. The summed E-state index contributed by atoms with van der Waals surface area (Å²) in [5, 5.41) is 11.6. The molecule has 8 heteroatoms. The van der Waals surface area contributed by atoms with E-state index in [4.69, 9.17) is 27.6 Å². The Morgan fingerprint density at radius 3 is 2.62 bits per heavy atom. The second-order valence-corrected chi connectivity index (χ2v) is 6.53. The van der Waals surface area contributed by atoms with Crippen LogP contribution in [0.25, 0.3) is 11.5 Å². The molecule has 3 rings (SSSR count). The van der Waals surface area contributed by atoms with E-state index in [0.717, 1.165) is 5.56 Å². The number of amides is 1. The van der Waals surface area contributed by atoms with Crippen molar-refractivity contribution in [3.63, 3.8) is 0 Å². The lowest BCUT2D eigenvalue weighted by atomic mass is 10.2. The Morgan fingerprint density at radius 1 is 1.12 bits per heavy atom. The summed E-state index contributed by atoms with van der Waals surface area (Å²) in [4.78, 5) is 13.9. The van der Waals surface area contributed by atoms with Crippen LogP contribution in [0.5, 0.6) is 0 Å². The molecule has 2 aromatic carbocycles. The van der Waals surface area contributed by atoms with Gasteiger partial charge in [-0.3, -0.25) is 9.69 Å². The number of nitrogens with zero attached hydrogens (tertiary/aromatic N) is 3. The van der Waals surface area contributed by atoms with E-state index in [-0.39, 0.29) is 12.5 Å². The lowest BCUT2D eigenvalue weighted by Gasteiger charge is -2.14. The van der Waals surface area contributed by atoms with Gasteiger partial charge in [-0.2, -0.15) is 0 Å². The van der Waals surface area contributed by atoms with Crippen LogP contribution in [-0.4, -0.2) is 34.6 Å². The summed E-state index contributed by atoms with van der Waals surface area (Å²) in [5.41, 5.74) is 1.44. The number of rotatable bonds is 6. The number of carbonyl (C=O) groups is 1. The minimum atomic E-state index is -0.186. The maximum Gasteiger partial charge on any atom is 0.247 e. The van der Waals surface area contributed by atoms with Crippen LogP contribution in [-0.2, 0) is 11.3 Å². The molecule has 0 aliphatic carbocycles. The maximum atomic E-state index is 12.1. The standard InChI is InChI=1S/C18H16Cl2N4O2/c1-24(10-16(25)21-13-7-8-14(19)15(20)9-13)11-17-22-23-18(26-17)12-5-3-2-4-6-12/h2-9H,10-11H2,1H3,(H,21,25). The molecule has 26 heavy (non-hydrogen) atoms. The number of hydrogen-bond acceptors (Lipinski definition) is 5. The first-order valence-electron chi connectivity index (χ1n) is 7.82. The van der Waals surface area contributed by atoms with Crippen LogP contribution in [0.4, 0.5) is 5.69 Å². The van der Waals surface area contributed by atoms with Crippen LogP contribution in [0, 0.1) is 0 Å². The van der Waals surface area contributed by atoms with Crippen molar-refractivity contribution < 1.29 is 9.21 Å². The molecule has 0 saturated heterocycles. The molecule has 6 nitrogen and oxygen atoms in total. The summed E-state index contributed by atoms with van der Waals surface area (Å²) < 4.78 is 5.64. The highest BCUT2D eigenvalue weighted by atomic mass is 35.5. The lowest BCUT2D eigenvalue weighted by molar-refractivity contribution is -0.117. The molecule has 0 saturated carbocycles. The van der Waals surface area contributed by atoms with Gasteiger partial charge in [0.25, 0.3) is 0 Å². The van der Waals surface area contributed by atoms with Crippen molar-refractivity contribution in [2.75, 3.05) is 18.9 Å². The molecule has 0 bridgehead atoms. The van der Waals surface area contributed by atoms with E-state index >= 15 is 0 Å². The van der Waals surface area contributed by atoms with Crippen molar-refractivity contribution in [1.82, 2.24) is 15.1 Å². The van der Waals surface area contributed by atoms with Gasteiger partial charge in [-0.1, -0.05) is 41.4 Å². The van der Waals surface area contributed by atoms with Crippen molar-refractivity contribution in [2.45, 2.75) is 6.54 Å². The smallest absolute Gasteiger partial charge is 0.247 e. The van der Waals surface area contributed by atoms with Gasteiger partial charge >= 0.3 is 0 Å². The first kappa shape index (κ1) is 18.4. The maximum absolute atomic E-state index is 12.1. The molecular formula is C18H16Cl2N4O2. The third-order valence-electron chi connectivity index (χ3n) is 3.51. The average molecular weight is 391 g/mol. The molecule has 1 N–H and O–H groups in total. The third kappa shape index (κ3) is 4.82. The minimum Gasteiger partial charge on any atom is -0.419 e. The fourth-order valence-corrected chi connectivity index (χ4v) is 2.62. The van der Waals surface area contributed by atoms with Crippen LogP contribution in [0.2, 0.25) is 10.0 Å². The van der Waals surface area contributed by atoms with Crippen LogP contribution in [0.1, 0.15) is 5.89 Å². The van der Waals surface area contributed by atoms with Gasteiger partial charge in [0.1, 0.15) is 0 Å². The molecule has 0 unspecified atom stereocenters. The Kier molecular flexibility index (Phi) is 5.88. The van der Waals surface area contributed by atoms with Gasteiger partial charge in [-0.25, -0.2) is 0 Å². The fraction of sp³-hybridized carbons (Fsp3) is 0.167. The van der Waals surface area contributed by atoms with E-state index in [0.29, 0.717) is 34.1 Å². The van der Waals surface area contributed by atoms with Crippen LogP contribution >= 0.6 is 23.2 Å². The fourth-order valence-electron chi connectivity index (χ4n) is 2.32. The van der Waals surface area contributed by atoms with E-state index in [9.17, 15) is 4.79 Å². The summed E-state index contributed by atoms with van der Waals surface area (Å²) in [7, 11) is 1.79. The van der Waals surface area contributed by atoms with E-state index in [1.54, 1.807) is 30.1 Å². The van der Waals surface area contributed by atoms with Gasteiger partial charge in [0.2, 0.25) is 17.7 Å². The van der Waals surface area contributed by atoms with E-state index in [1.807, 2.05) is 30.3 Å². The molecule has 0 atom stereocenters. The monoisotopic (exact) mass is 390 g/mol. The van der Waals surface area contributed by atoms with Gasteiger partial charge in [-0.05, 0) is 37.4 Å². The van der Waals surface area contributed by atoms with Crippen molar-refractivity contribution in [1.29, 1.82) is 0 Å². The van der Waals surface area contributed by atoms with Crippen molar-refractivity contribution in [3.05, 3.63) is 64.5 Å². The van der Waals surface area contributed by atoms with Crippen molar-refractivity contribution in [2.24, 2.45) is 0 Å². The van der Waals surface area contributed by atoms with Gasteiger partial charge in [0.05, 0.1) is 23.1 Å². The zero-order valence-electron chi connectivity index (χ0n) is 13.9. The predicted molar refractivity (Wildman–Crippen MR) is 101 cm³/mol. The highest BCUT2D eigenvalue weighted by Gasteiger charge is 2.13. The summed E-state index contributed by atoms with van der Waals surface area (Å²) >= 11 is 11.8. The quantitative estimate of drug-likeness (QED) is 0.685. The summed E-state index contributed by atoms with van der Waals surface area (Å²) in [6.07, 6.45) is 0. The average Bonchev–Trinajstić information content (AvgIpc) is 3.07. The molecule has 0 aliphatic rings. The highest BCUT2D eigenvalue weighted by molar-refractivity contribution is 6.42. The molecule has 0 aliphatic heterocycles. The summed E-state index contributed by atoms with van der Waals surface area (Å²) in [6, 6.07) is 14.4. The van der Waals surface area contributed by atoms with Gasteiger partial charge < -0.3 is 9.73 Å². The normalized spacial score (nSPS) is 10.9. The second kappa shape index (κ2) is 8.31. The number of carbonyl (C=O) groups excluding carboxylic acids is 1. The van der Waals surface area contributed by atoms with Crippen LogP contribution in [0.15, 0.2) is 52.9 Å². The Bertz CT molecular complexity index is 899. The Balaban J connectivity index is 1.55. The number of nitrogens with one attached hydrogen (secondary N) is 1. The van der Waals surface area contributed by atoms with Gasteiger partial charge in [0.15, 0.2) is 0 Å². The van der Waals surface area contributed by atoms with E-state index < -0.39 is 0 Å². The Hall–Kier alpha value is -2.41. The number of hydrogen-bond donors (Lipinski definition) is 1. The molecule has 3 aromatic rings. The van der Waals surface area contributed by atoms with Crippen molar-refractivity contribution >= 4 is 34.8 Å². The molecule has 1 aromatic heterocycles. The molecule has 0 fully saturated rings. The molecule has 0 spiro atoms. The highest BCUT2D eigenvalue weighted by Crippen LogP contribution is 2.25. The lowest BCUT2D eigenvalue weighted by Crippen LogP contribution is -2.29. The number of anilines is 1.